The Balaban J connectivity index is 1.15. The molecule has 0 N–H and O–H groups in total. The fourth-order valence-corrected chi connectivity index (χ4v) is 7.91. The maximum absolute atomic E-state index is 5.05. The first-order chi connectivity index (χ1) is 27.8. The fourth-order valence-electron chi connectivity index (χ4n) is 7.91. The lowest BCUT2D eigenvalue weighted by molar-refractivity contribution is 1.07. The summed E-state index contributed by atoms with van der Waals surface area (Å²) < 4.78 is 0. The van der Waals surface area contributed by atoms with Crippen LogP contribution in [0.1, 0.15) is 0 Å². The Morgan fingerprint density at radius 3 is 1.11 bits per heavy atom. The van der Waals surface area contributed by atoms with E-state index in [0.717, 1.165) is 22.3 Å². The molecule has 0 fully saturated rings. The van der Waals surface area contributed by atoms with Crippen molar-refractivity contribution in [1.29, 1.82) is 0 Å². The molecule has 0 unspecified atom stereocenters. The lowest BCUT2D eigenvalue weighted by atomic mass is 9.83. The van der Waals surface area contributed by atoms with Gasteiger partial charge in [-0.1, -0.05) is 206 Å². The monoisotopic (exact) mass is 713 g/mol. The number of fused-ring (bicyclic) bond motifs is 2. The minimum absolute atomic E-state index is 0.636. The summed E-state index contributed by atoms with van der Waals surface area (Å²) in [5, 5.41) is 4.80. The minimum Gasteiger partial charge on any atom is -0.208 e. The lowest BCUT2D eigenvalue weighted by Crippen LogP contribution is -2.00. The van der Waals surface area contributed by atoms with Crippen molar-refractivity contribution in [3.63, 3.8) is 0 Å². The molecule has 56 heavy (non-hydrogen) atoms. The second-order valence-corrected chi connectivity index (χ2v) is 13.9. The average Bonchev–Trinajstić information content (AvgIpc) is 3.29. The van der Waals surface area contributed by atoms with Crippen molar-refractivity contribution in [2.24, 2.45) is 0 Å². The summed E-state index contributed by atoms with van der Waals surface area (Å²) in [5.41, 5.74) is 12.4. The quantitative estimate of drug-likeness (QED) is 0.154. The normalized spacial score (nSPS) is 11.2. The zero-order valence-electron chi connectivity index (χ0n) is 30.5. The van der Waals surface area contributed by atoms with Gasteiger partial charge < -0.3 is 0 Å². The van der Waals surface area contributed by atoms with Crippen LogP contribution in [0.2, 0.25) is 0 Å². The van der Waals surface area contributed by atoms with Crippen molar-refractivity contribution >= 4 is 21.5 Å². The van der Waals surface area contributed by atoms with Gasteiger partial charge in [0, 0.05) is 16.7 Å². The van der Waals surface area contributed by atoms with E-state index in [4.69, 9.17) is 15.0 Å². The van der Waals surface area contributed by atoms with E-state index in [0.29, 0.717) is 17.5 Å². The van der Waals surface area contributed by atoms with Crippen molar-refractivity contribution in [3.05, 3.63) is 212 Å². The van der Waals surface area contributed by atoms with E-state index in [-0.39, 0.29) is 0 Å². The topological polar surface area (TPSA) is 38.7 Å². The molecule has 0 radical (unpaired) electrons. The van der Waals surface area contributed by atoms with Gasteiger partial charge in [-0.2, -0.15) is 0 Å². The van der Waals surface area contributed by atoms with Crippen molar-refractivity contribution in [2.45, 2.75) is 0 Å². The predicted octanol–water partition coefficient (Wildman–Crippen LogP) is 13.8. The third-order valence-electron chi connectivity index (χ3n) is 10.5. The molecular formula is C53H35N3. The van der Waals surface area contributed by atoms with Gasteiger partial charge in [-0.3, -0.25) is 0 Å². The highest BCUT2D eigenvalue weighted by atomic mass is 15.0. The van der Waals surface area contributed by atoms with Crippen LogP contribution in [0.3, 0.4) is 0 Å². The largest absolute Gasteiger partial charge is 0.208 e. The van der Waals surface area contributed by atoms with Crippen LogP contribution in [0, 0.1) is 0 Å². The van der Waals surface area contributed by atoms with Crippen LogP contribution in [-0.4, -0.2) is 15.0 Å². The highest BCUT2D eigenvalue weighted by Crippen LogP contribution is 2.46. The van der Waals surface area contributed by atoms with E-state index >= 15 is 0 Å². The van der Waals surface area contributed by atoms with E-state index in [1.54, 1.807) is 0 Å². The Kier molecular flexibility index (Phi) is 8.51. The van der Waals surface area contributed by atoms with Crippen LogP contribution < -0.4 is 0 Å². The molecular weight excluding hydrogens is 679 g/mol. The van der Waals surface area contributed by atoms with Crippen molar-refractivity contribution in [1.82, 2.24) is 15.0 Å². The second kappa shape index (κ2) is 14.4. The molecule has 0 saturated heterocycles. The molecule has 0 aliphatic rings. The van der Waals surface area contributed by atoms with Gasteiger partial charge in [-0.05, 0) is 72.1 Å². The summed E-state index contributed by atoms with van der Waals surface area (Å²) in [4.78, 5) is 15.0. The molecule has 0 aliphatic heterocycles. The molecule has 10 aromatic rings. The molecule has 10 rings (SSSR count). The number of hydrogen-bond acceptors (Lipinski definition) is 3. The Morgan fingerprint density at radius 1 is 0.214 bits per heavy atom. The summed E-state index contributed by atoms with van der Waals surface area (Å²) in [7, 11) is 0. The average molecular weight is 714 g/mol. The molecule has 9 aromatic carbocycles. The van der Waals surface area contributed by atoms with Gasteiger partial charge in [0.2, 0.25) is 0 Å². The smallest absolute Gasteiger partial charge is 0.164 e. The second-order valence-electron chi connectivity index (χ2n) is 13.9. The van der Waals surface area contributed by atoms with E-state index < -0.39 is 0 Å². The number of aromatic nitrogens is 3. The fraction of sp³-hybridized carbons (Fsp3) is 0. The van der Waals surface area contributed by atoms with Gasteiger partial charge >= 0.3 is 0 Å². The lowest BCUT2D eigenvalue weighted by Gasteiger charge is -2.20. The summed E-state index contributed by atoms with van der Waals surface area (Å²) >= 11 is 0. The molecule has 3 nitrogen and oxygen atoms in total. The van der Waals surface area contributed by atoms with E-state index in [2.05, 4.69) is 152 Å². The van der Waals surface area contributed by atoms with E-state index in [1.807, 2.05) is 60.7 Å². The summed E-state index contributed by atoms with van der Waals surface area (Å²) in [5.74, 6) is 1.93. The molecule has 262 valence electrons. The third-order valence-corrected chi connectivity index (χ3v) is 10.5. The Bertz CT molecular complexity index is 2880. The van der Waals surface area contributed by atoms with Crippen LogP contribution >= 0.6 is 0 Å². The van der Waals surface area contributed by atoms with Crippen molar-refractivity contribution in [2.75, 3.05) is 0 Å². The van der Waals surface area contributed by atoms with Crippen molar-refractivity contribution in [3.8, 4) is 78.7 Å². The molecule has 0 spiro atoms. The SMILES string of the molecule is c1ccc(-c2ccc(-c3ccccc3-c3c4ccccc4c(-c4cccc(-c5nc(-c6ccccc6)nc(-c6ccccc6)n5)c4)c4ccccc34)cc2)cc1. The van der Waals surface area contributed by atoms with E-state index in [9.17, 15) is 0 Å². The van der Waals surface area contributed by atoms with Gasteiger partial charge in [-0.15, -0.1) is 0 Å². The van der Waals surface area contributed by atoms with Crippen LogP contribution in [0.5, 0.6) is 0 Å². The van der Waals surface area contributed by atoms with Crippen LogP contribution in [0.25, 0.3) is 100 Å². The highest BCUT2D eigenvalue weighted by Gasteiger charge is 2.20. The summed E-state index contributed by atoms with van der Waals surface area (Å²) in [6, 6.07) is 74.9. The Hall–Kier alpha value is -7.49. The van der Waals surface area contributed by atoms with Gasteiger partial charge in [0.15, 0.2) is 17.5 Å². The number of hydrogen-bond donors (Lipinski definition) is 0. The standard InChI is InChI=1S/C53H35N3/c1-4-17-36(18-5-1)37-31-33-38(34-32-37)43-25-10-11-26-44(43)50-47-29-14-12-27-45(47)49(46-28-13-15-30-48(46)50)41-23-16-24-42(35-41)53-55-51(39-19-6-2-7-20-39)54-52(56-53)40-21-8-3-9-22-40/h1-35H. The molecule has 0 bridgehead atoms. The number of nitrogens with zero attached hydrogens (tertiary/aromatic N) is 3. The molecule has 0 amide bonds. The number of benzene rings is 9. The third kappa shape index (κ3) is 6.12. The van der Waals surface area contributed by atoms with E-state index in [1.165, 1.54) is 60.5 Å². The molecule has 0 aliphatic carbocycles. The summed E-state index contributed by atoms with van der Waals surface area (Å²) in [6.07, 6.45) is 0. The van der Waals surface area contributed by atoms with Gasteiger partial charge in [0.25, 0.3) is 0 Å². The highest BCUT2D eigenvalue weighted by molar-refractivity contribution is 6.22. The van der Waals surface area contributed by atoms with Crippen LogP contribution in [-0.2, 0) is 0 Å². The van der Waals surface area contributed by atoms with Crippen LogP contribution in [0.4, 0.5) is 0 Å². The molecule has 0 atom stereocenters. The Morgan fingerprint density at radius 2 is 0.571 bits per heavy atom. The van der Waals surface area contributed by atoms with Gasteiger partial charge in [-0.25, -0.2) is 15.0 Å². The molecule has 1 heterocycles. The summed E-state index contributed by atoms with van der Waals surface area (Å²) in [6.45, 7) is 0. The maximum Gasteiger partial charge on any atom is 0.164 e. The maximum atomic E-state index is 5.05. The minimum atomic E-state index is 0.636. The van der Waals surface area contributed by atoms with Gasteiger partial charge in [0.05, 0.1) is 0 Å². The zero-order valence-corrected chi connectivity index (χ0v) is 30.5. The van der Waals surface area contributed by atoms with Crippen molar-refractivity contribution < 1.29 is 0 Å². The molecule has 0 saturated carbocycles. The van der Waals surface area contributed by atoms with Gasteiger partial charge in [0.1, 0.15) is 0 Å². The first-order valence-electron chi connectivity index (χ1n) is 18.9. The Labute approximate surface area is 326 Å². The molecule has 3 heteroatoms. The zero-order chi connectivity index (χ0) is 37.3. The molecule has 1 aromatic heterocycles. The van der Waals surface area contributed by atoms with Crippen LogP contribution in [0.15, 0.2) is 212 Å². The first-order valence-corrected chi connectivity index (χ1v) is 18.9. The number of rotatable bonds is 7. The first kappa shape index (κ1) is 33.1. The predicted molar refractivity (Wildman–Crippen MR) is 233 cm³/mol.